The summed E-state index contributed by atoms with van der Waals surface area (Å²) >= 11 is 0. The number of hydrogen-bond acceptors (Lipinski definition) is 5. The summed E-state index contributed by atoms with van der Waals surface area (Å²) in [7, 11) is 0. The zero-order valence-electron chi connectivity index (χ0n) is 19.5. The maximum absolute atomic E-state index is 14.4. The van der Waals surface area contributed by atoms with Crippen LogP contribution in [-0.4, -0.2) is 32.4 Å². The molecule has 0 atom stereocenters. The highest BCUT2D eigenvalue weighted by atomic mass is 19.1. The number of carbonyl (C=O) groups is 2. The van der Waals surface area contributed by atoms with Gasteiger partial charge in [0.2, 0.25) is 11.7 Å². The smallest absolute Gasteiger partial charge is 0.345 e. The summed E-state index contributed by atoms with van der Waals surface area (Å²) in [5.74, 6) is -0.982. The van der Waals surface area contributed by atoms with Gasteiger partial charge < -0.3 is 14.6 Å². The van der Waals surface area contributed by atoms with Crippen LogP contribution in [0.1, 0.15) is 42.6 Å². The second kappa shape index (κ2) is 10.3. The van der Waals surface area contributed by atoms with Crippen LogP contribution >= 0.6 is 0 Å². The number of halogens is 1. The Morgan fingerprint density at radius 2 is 1.80 bits per heavy atom. The Hall–Kier alpha value is -4.27. The van der Waals surface area contributed by atoms with Crippen LogP contribution < -0.4 is 10.9 Å². The molecule has 2 aromatic heterocycles. The van der Waals surface area contributed by atoms with Crippen molar-refractivity contribution in [3.63, 3.8) is 0 Å². The molecule has 35 heavy (non-hydrogen) atoms. The molecule has 0 radical (unpaired) electrons. The molecule has 0 fully saturated rings. The molecular weight excluding hydrogens is 451 g/mol. The Kier molecular flexibility index (Phi) is 7.05. The summed E-state index contributed by atoms with van der Waals surface area (Å²) in [4.78, 5) is 42.0. The zero-order chi connectivity index (χ0) is 24.9. The van der Waals surface area contributed by atoms with Gasteiger partial charge in [0, 0.05) is 35.6 Å². The number of amides is 1. The molecule has 0 aliphatic rings. The minimum atomic E-state index is -0.760. The number of ether oxygens (including phenoxy) is 1. The molecule has 4 aromatic rings. The molecule has 2 heterocycles. The van der Waals surface area contributed by atoms with E-state index in [0.29, 0.717) is 28.9 Å². The number of anilines is 1. The van der Waals surface area contributed by atoms with Gasteiger partial charge in [-0.3, -0.25) is 14.0 Å². The molecule has 1 N–H and O–H groups in total. The SMILES string of the molecule is CCCC(=O)Nc1ccc(-c2cn3c(=O)c(C(=O)OCC)cn(Cc4ccccc4F)c3n2)cc1. The monoisotopic (exact) mass is 476 g/mol. The Bertz CT molecular complexity index is 1440. The summed E-state index contributed by atoms with van der Waals surface area (Å²) in [6.07, 6.45) is 4.07. The fourth-order valence-corrected chi connectivity index (χ4v) is 3.71. The number of nitrogens with zero attached hydrogens (tertiary/aromatic N) is 3. The molecule has 0 saturated carbocycles. The van der Waals surface area contributed by atoms with Crippen LogP contribution in [0.4, 0.5) is 10.1 Å². The number of rotatable bonds is 8. The third-order valence-electron chi connectivity index (χ3n) is 5.41. The van der Waals surface area contributed by atoms with Gasteiger partial charge in [-0.1, -0.05) is 37.3 Å². The zero-order valence-corrected chi connectivity index (χ0v) is 19.5. The van der Waals surface area contributed by atoms with Crippen LogP contribution in [0.2, 0.25) is 0 Å². The molecule has 0 spiro atoms. The largest absolute Gasteiger partial charge is 0.462 e. The molecule has 1 amide bonds. The van der Waals surface area contributed by atoms with Crippen molar-refractivity contribution in [1.29, 1.82) is 0 Å². The van der Waals surface area contributed by atoms with Crippen LogP contribution in [0.5, 0.6) is 0 Å². The van der Waals surface area contributed by atoms with Gasteiger partial charge in [-0.15, -0.1) is 0 Å². The van der Waals surface area contributed by atoms with Crippen molar-refractivity contribution in [3.8, 4) is 11.3 Å². The maximum Gasteiger partial charge on any atom is 0.345 e. The van der Waals surface area contributed by atoms with Gasteiger partial charge in [0.15, 0.2) is 0 Å². The van der Waals surface area contributed by atoms with Crippen molar-refractivity contribution in [3.05, 3.63) is 88.2 Å². The Labute approximate surface area is 201 Å². The lowest BCUT2D eigenvalue weighted by molar-refractivity contribution is -0.116. The first-order valence-electron chi connectivity index (χ1n) is 11.3. The topological polar surface area (TPSA) is 94.7 Å². The van der Waals surface area contributed by atoms with Gasteiger partial charge in [-0.2, -0.15) is 0 Å². The molecule has 0 aliphatic heterocycles. The van der Waals surface area contributed by atoms with E-state index in [-0.39, 0.29) is 30.4 Å². The van der Waals surface area contributed by atoms with Gasteiger partial charge >= 0.3 is 5.97 Å². The molecule has 180 valence electrons. The third-order valence-corrected chi connectivity index (χ3v) is 5.41. The molecule has 0 aliphatic carbocycles. The van der Waals surface area contributed by atoms with Gasteiger partial charge in [0.05, 0.1) is 18.8 Å². The third kappa shape index (κ3) is 5.13. The van der Waals surface area contributed by atoms with Crippen LogP contribution in [0.15, 0.2) is 65.7 Å². The lowest BCUT2D eigenvalue weighted by Crippen LogP contribution is -2.26. The lowest BCUT2D eigenvalue weighted by atomic mass is 10.1. The van der Waals surface area contributed by atoms with Crippen LogP contribution in [0.25, 0.3) is 17.0 Å². The molecular formula is C26H25FN4O4. The predicted molar refractivity (Wildman–Crippen MR) is 130 cm³/mol. The second-order valence-corrected chi connectivity index (χ2v) is 7.96. The molecule has 8 nitrogen and oxygen atoms in total. The Balaban J connectivity index is 1.78. The average molecular weight is 477 g/mol. The van der Waals surface area contributed by atoms with Crippen LogP contribution in [-0.2, 0) is 16.1 Å². The fraction of sp³-hybridized carbons (Fsp3) is 0.231. The van der Waals surface area contributed by atoms with E-state index in [1.807, 2.05) is 6.92 Å². The number of nitrogens with one attached hydrogen (secondary N) is 1. The number of imidazole rings is 1. The van der Waals surface area contributed by atoms with E-state index >= 15 is 0 Å². The second-order valence-electron chi connectivity index (χ2n) is 7.96. The molecule has 2 aromatic carbocycles. The standard InChI is InChI=1S/C26H25FN4O4/c1-3-7-23(32)28-19-12-10-17(11-13-19)22-16-31-24(33)20(25(34)35-4-2)15-30(26(31)29-22)14-18-8-5-6-9-21(18)27/h5-6,8-13,15-16H,3-4,7,14H2,1-2H3,(H,28,32). The summed E-state index contributed by atoms with van der Waals surface area (Å²) in [6.45, 7) is 3.75. The first-order valence-corrected chi connectivity index (χ1v) is 11.3. The van der Waals surface area contributed by atoms with Crippen molar-refractivity contribution in [2.24, 2.45) is 0 Å². The van der Waals surface area contributed by atoms with E-state index in [2.05, 4.69) is 10.3 Å². The van der Waals surface area contributed by atoms with Crippen molar-refractivity contribution < 1.29 is 18.7 Å². The van der Waals surface area contributed by atoms with Crippen molar-refractivity contribution >= 4 is 23.3 Å². The quantitative estimate of drug-likeness (QED) is 0.384. The van der Waals surface area contributed by atoms with Crippen molar-refractivity contribution in [2.45, 2.75) is 33.2 Å². The number of fused-ring (bicyclic) bond motifs is 1. The number of benzene rings is 2. The van der Waals surface area contributed by atoms with Gasteiger partial charge in [-0.05, 0) is 31.5 Å². The van der Waals surface area contributed by atoms with E-state index in [9.17, 15) is 18.8 Å². The fourth-order valence-electron chi connectivity index (χ4n) is 3.71. The highest BCUT2D eigenvalue weighted by Gasteiger charge is 2.19. The van der Waals surface area contributed by atoms with Crippen LogP contribution in [0.3, 0.4) is 0 Å². The van der Waals surface area contributed by atoms with Crippen LogP contribution in [0, 0.1) is 5.82 Å². The first-order chi connectivity index (χ1) is 16.9. The number of aromatic nitrogens is 3. The van der Waals surface area contributed by atoms with Crippen molar-refractivity contribution in [2.75, 3.05) is 11.9 Å². The highest BCUT2D eigenvalue weighted by molar-refractivity contribution is 5.91. The number of hydrogen-bond donors (Lipinski definition) is 1. The van der Waals surface area contributed by atoms with E-state index < -0.39 is 17.3 Å². The molecule has 0 bridgehead atoms. The Morgan fingerprint density at radius 1 is 1.06 bits per heavy atom. The molecule has 0 saturated heterocycles. The van der Waals surface area contributed by atoms with Gasteiger partial charge in [0.25, 0.3) is 5.56 Å². The first kappa shape index (κ1) is 23.9. The molecule has 0 unspecified atom stereocenters. The van der Waals surface area contributed by atoms with Gasteiger partial charge in [0.1, 0.15) is 11.4 Å². The average Bonchev–Trinajstić information content (AvgIpc) is 3.29. The minimum Gasteiger partial charge on any atom is -0.462 e. The molecule has 9 heteroatoms. The highest BCUT2D eigenvalue weighted by Crippen LogP contribution is 2.22. The van der Waals surface area contributed by atoms with E-state index in [1.54, 1.807) is 54.0 Å². The number of carbonyl (C=O) groups excluding carboxylic acids is 2. The number of esters is 1. The van der Waals surface area contributed by atoms with E-state index in [1.165, 1.54) is 22.9 Å². The van der Waals surface area contributed by atoms with E-state index in [0.717, 1.165) is 6.42 Å². The Morgan fingerprint density at radius 3 is 2.49 bits per heavy atom. The predicted octanol–water partition coefficient (Wildman–Crippen LogP) is 4.27. The summed E-state index contributed by atoms with van der Waals surface area (Å²) < 4.78 is 22.2. The van der Waals surface area contributed by atoms with Gasteiger partial charge in [-0.25, -0.2) is 14.2 Å². The minimum absolute atomic E-state index is 0.0573. The summed E-state index contributed by atoms with van der Waals surface area (Å²) in [5, 5.41) is 2.83. The normalized spacial score (nSPS) is 10.9. The lowest BCUT2D eigenvalue weighted by Gasteiger charge is -2.11. The molecule has 4 rings (SSSR count). The maximum atomic E-state index is 14.4. The summed E-state index contributed by atoms with van der Waals surface area (Å²) in [6, 6.07) is 13.3. The van der Waals surface area contributed by atoms with Crippen molar-refractivity contribution in [1.82, 2.24) is 14.0 Å². The van der Waals surface area contributed by atoms with E-state index in [4.69, 9.17) is 4.74 Å². The summed E-state index contributed by atoms with van der Waals surface area (Å²) in [5.41, 5.74) is 1.47.